The summed E-state index contributed by atoms with van der Waals surface area (Å²) in [5, 5.41) is 9.35. The Labute approximate surface area is 201 Å². The molecule has 1 unspecified atom stereocenters. The van der Waals surface area contributed by atoms with Gasteiger partial charge in [0.25, 0.3) is 5.91 Å². The zero-order chi connectivity index (χ0) is 24.5. The fourth-order valence-corrected chi connectivity index (χ4v) is 4.04. The minimum absolute atomic E-state index is 0.0651. The first-order valence-corrected chi connectivity index (χ1v) is 11.8. The normalized spacial score (nSPS) is 14.8. The van der Waals surface area contributed by atoms with Crippen LogP contribution in [-0.4, -0.2) is 61.0 Å². The highest BCUT2D eigenvalue weighted by atomic mass is 16.5. The molecule has 1 aliphatic rings. The molecule has 180 valence electrons. The van der Waals surface area contributed by atoms with Crippen molar-refractivity contribution in [3.63, 3.8) is 0 Å². The lowest BCUT2D eigenvalue weighted by Crippen LogP contribution is -2.46. The van der Waals surface area contributed by atoms with Gasteiger partial charge in [0.1, 0.15) is 17.6 Å². The molecular formula is C27H33N3O4. The van der Waals surface area contributed by atoms with Crippen LogP contribution < -0.4 is 9.47 Å². The summed E-state index contributed by atoms with van der Waals surface area (Å²) < 4.78 is 11.2. The number of rotatable bonds is 8. The molecule has 7 nitrogen and oxygen atoms in total. The molecule has 34 heavy (non-hydrogen) atoms. The van der Waals surface area contributed by atoms with Crippen LogP contribution in [0, 0.1) is 17.2 Å². The number of carbonyl (C=O) groups is 2. The van der Waals surface area contributed by atoms with E-state index in [1.165, 1.54) is 0 Å². The number of carbonyl (C=O) groups excluding carboxylic acids is 2. The Morgan fingerprint density at radius 2 is 1.68 bits per heavy atom. The van der Waals surface area contributed by atoms with Gasteiger partial charge in [-0.15, -0.1) is 0 Å². The van der Waals surface area contributed by atoms with Gasteiger partial charge in [-0.05, 0) is 48.6 Å². The molecule has 1 heterocycles. The van der Waals surface area contributed by atoms with E-state index in [4.69, 9.17) is 9.47 Å². The van der Waals surface area contributed by atoms with Crippen LogP contribution in [0.15, 0.2) is 48.5 Å². The molecule has 0 aliphatic carbocycles. The summed E-state index contributed by atoms with van der Waals surface area (Å²) in [6.07, 6.45) is 1.14. The van der Waals surface area contributed by atoms with Crippen LogP contribution in [0.1, 0.15) is 37.8 Å². The summed E-state index contributed by atoms with van der Waals surface area (Å²) >= 11 is 0. The number of methoxy groups -OCH3 is 1. The largest absolute Gasteiger partial charge is 0.497 e. The highest BCUT2D eigenvalue weighted by molar-refractivity contribution is 5.82. The van der Waals surface area contributed by atoms with Crippen molar-refractivity contribution in [2.45, 2.75) is 39.2 Å². The van der Waals surface area contributed by atoms with Gasteiger partial charge in [0.15, 0.2) is 6.10 Å². The summed E-state index contributed by atoms with van der Waals surface area (Å²) in [6, 6.07) is 16.8. The molecule has 7 heteroatoms. The lowest BCUT2D eigenvalue weighted by atomic mass is 10.1. The third kappa shape index (κ3) is 6.50. The van der Waals surface area contributed by atoms with Crippen LogP contribution in [0.2, 0.25) is 0 Å². The number of hydrogen-bond donors (Lipinski definition) is 0. The highest BCUT2D eigenvalue weighted by Gasteiger charge is 2.31. The number of nitriles is 1. The molecule has 0 bridgehead atoms. The average molecular weight is 464 g/mol. The number of amides is 2. The average Bonchev–Trinajstić information content (AvgIpc) is 3.12. The Hall–Kier alpha value is -3.53. The maximum atomic E-state index is 13.3. The van der Waals surface area contributed by atoms with E-state index in [9.17, 15) is 14.9 Å². The Morgan fingerprint density at radius 3 is 2.35 bits per heavy atom. The first kappa shape index (κ1) is 25.1. The zero-order valence-electron chi connectivity index (χ0n) is 20.2. The van der Waals surface area contributed by atoms with E-state index in [2.05, 4.69) is 6.07 Å². The van der Waals surface area contributed by atoms with Crippen LogP contribution in [0.3, 0.4) is 0 Å². The van der Waals surface area contributed by atoms with Crippen molar-refractivity contribution in [2.24, 2.45) is 5.92 Å². The topological polar surface area (TPSA) is 82.9 Å². The predicted octanol–water partition coefficient (Wildman–Crippen LogP) is 3.66. The quantitative estimate of drug-likeness (QED) is 0.597. The number of ether oxygens (including phenoxy) is 2. The summed E-state index contributed by atoms with van der Waals surface area (Å²) in [5.74, 6) is 1.15. The second kappa shape index (κ2) is 12.1. The van der Waals surface area contributed by atoms with Crippen molar-refractivity contribution >= 4 is 11.8 Å². The molecule has 1 saturated heterocycles. The molecule has 2 aromatic rings. The third-order valence-electron chi connectivity index (χ3n) is 6.06. The SMILES string of the molecule is COc1ccc(CCC(=O)N2CCCN(C(=O)C(Oc3ccccc3C#N)C(C)C)CC2)cc1. The Morgan fingerprint density at radius 1 is 1.00 bits per heavy atom. The summed E-state index contributed by atoms with van der Waals surface area (Å²) in [4.78, 5) is 29.8. The molecule has 0 aromatic heterocycles. The van der Waals surface area contributed by atoms with Gasteiger partial charge in [0, 0.05) is 32.6 Å². The van der Waals surface area contributed by atoms with Crippen molar-refractivity contribution in [2.75, 3.05) is 33.3 Å². The fourth-order valence-electron chi connectivity index (χ4n) is 4.04. The van der Waals surface area contributed by atoms with Crippen molar-refractivity contribution in [3.05, 3.63) is 59.7 Å². The van der Waals surface area contributed by atoms with E-state index in [-0.39, 0.29) is 17.7 Å². The molecule has 2 amide bonds. The molecule has 0 spiro atoms. The Balaban J connectivity index is 1.57. The third-order valence-corrected chi connectivity index (χ3v) is 6.06. The maximum absolute atomic E-state index is 13.3. The van der Waals surface area contributed by atoms with Crippen molar-refractivity contribution in [3.8, 4) is 17.6 Å². The number of para-hydroxylation sites is 1. The molecule has 0 saturated carbocycles. The van der Waals surface area contributed by atoms with Crippen LogP contribution in [0.5, 0.6) is 11.5 Å². The molecule has 0 N–H and O–H groups in total. The van der Waals surface area contributed by atoms with E-state index in [0.29, 0.717) is 50.3 Å². The van der Waals surface area contributed by atoms with Crippen molar-refractivity contribution in [1.82, 2.24) is 9.80 Å². The fraction of sp³-hybridized carbons (Fsp3) is 0.444. The summed E-state index contributed by atoms with van der Waals surface area (Å²) in [6.45, 7) is 6.06. The van der Waals surface area contributed by atoms with Gasteiger partial charge < -0.3 is 19.3 Å². The molecule has 1 fully saturated rings. The number of nitrogens with zero attached hydrogens (tertiary/aromatic N) is 3. The standard InChI is InChI=1S/C27H33N3O4/c1-20(2)26(34-24-8-5-4-7-22(24)19-28)27(32)30-16-6-15-29(17-18-30)25(31)14-11-21-9-12-23(33-3)13-10-21/h4-5,7-10,12-13,20,26H,6,11,14-18H2,1-3H3. The van der Waals surface area contributed by atoms with Crippen molar-refractivity contribution < 1.29 is 19.1 Å². The maximum Gasteiger partial charge on any atom is 0.263 e. The monoisotopic (exact) mass is 463 g/mol. The summed E-state index contributed by atoms with van der Waals surface area (Å²) in [7, 11) is 1.63. The predicted molar refractivity (Wildman–Crippen MR) is 130 cm³/mol. The van der Waals surface area contributed by atoms with Crippen LogP contribution >= 0.6 is 0 Å². The summed E-state index contributed by atoms with van der Waals surface area (Å²) in [5.41, 5.74) is 1.50. The lowest BCUT2D eigenvalue weighted by molar-refractivity contribution is -0.141. The van der Waals surface area contributed by atoms with Crippen molar-refractivity contribution in [1.29, 1.82) is 5.26 Å². The number of aryl methyl sites for hydroxylation is 1. The van der Waals surface area contributed by atoms with E-state index in [1.54, 1.807) is 36.3 Å². The van der Waals surface area contributed by atoms with Gasteiger partial charge in [0.05, 0.1) is 12.7 Å². The molecule has 0 radical (unpaired) electrons. The second-order valence-electron chi connectivity index (χ2n) is 8.80. The van der Waals surface area contributed by atoms with Gasteiger partial charge in [-0.25, -0.2) is 0 Å². The Bertz CT molecular complexity index is 1010. The molecule has 1 aliphatic heterocycles. The van der Waals surface area contributed by atoms with Crippen LogP contribution in [-0.2, 0) is 16.0 Å². The van der Waals surface area contributed by atoms with Crippen LogP contribution in [0.25, 0.3) is 0 Å². The van der Waals surface area contributed by atoms with Gasteiger partial charge in [-0.2, -0.15) is 5.26 Å². The number of benzene rings is 2. The van der Waals surface area contributed by atoms with Gasteiger partial charge in [-0.3, -0.25) is 9.59 Å². The zero-order valence-corrected chi connectivity index (χ0v) is 20.2. The van der Waals surface area contributed by atoms with E-state index >= 15 is 0 Å². The second-order valence-corrected chi connectivity index (χ2v) is 8.80. The molecular weight excluding hydrogens is 430 g/mol. The van der Waals surface area contributed by atoms with Crippen LogP contribution in [0.4, 0.5) is 0 Å². The van der Waals surface area contributed by atoms with E-state index in [1.807, 2.05) is 43.0 Å². The Kier molecular flexibility index (Phi) is 8.92. The highest BCUT2D eigenvalue weighted by Crippen LogP contribution is 2.22. The van der Waals surface area contributed by atoms with Gasteiger partial charge in [-0.1, -0.05) is 38.1 Å². The first-order chi connectivity index (χ1) is 16.4. The van der Waals surface area contributed by atoms with Gasteiger partial charge >= 0.3 is 0 Å². The molecule has 2 aromatic carbocycles. The lowest BCUT2D eigenvalue weighted by Gasteiger charge is -2.29. The van der Waals surface area contributed by atoms with E-state index < -0.39 is 6.10 Å². The molecule has 1 atom stereocenters. The first-order valence-electron chi connectivity index (χ1n) is 11.8. The smallest absolute Gasteiger partial charge is 0.263 e. The van der Waals surface area contributed by atoms with Gasteiger partial charge in [0.2, 0.25) is 5.91 Å². The minimum Gasteiger partial charge on any atom is -0.497 e. The molecule has 3 rings (SSSR count). The number of hydrogen-bond acceptors (Lipinski definition) is 5. The van der Waals surface area contributed by atoms with E-state index in [0.717, 1.165) is 17.7 Å². The minimum atomic E-state index is -0.688.